The number of benzene rings is 3. The van der Waals surface area contributed by atoms with E-state index >= 15 is 0 Å². The number of primary amides is 1. The molecule has 4 N–H and O–H groups in total. The predicted octanol–water partition coefficient (Wildman–Crippen LogP) is 5.47. The molecule has 3 aromatic carbocycles. The Morgan fingerprint density at radius 3 is 2.40 bits per heavy atom. The number of amides is 2. The Morgan fingerprint density at radius 2 is 1.73 bits per heavy atom. The lowest BCUT2D eigenvalue weighted by molar-refractivity contribution is -0.141. The van der Waals surface area contributed by atoms with Gasteiger partial charge >= 0.3 is 6.18 Å². The van der Waals surface area contributed by atoms with Crippen molar-refractivity contribution in [2.24, 2.45) is 11.7 Å². The van der Waals surface area contributed by atoms with Crippen molar-refractivity contribution in [3.05, 3.63) is 113 Å². The van der Waals surface area contributed by atoms with Gasteiger partial charge in [-0.3, -0.25) is 9.59 Å². The molecule has 1 aliphatic rings. The van der Waals surface area contributed by atoms with E-state index in [1.807, 2.05) is 30.3 Å². The van der Waals surface area contributed by atoms with E-state index < -0.39 is 35.2 Å². The van der Waals surface area contributed by atoms with Gasteiger partial charge in [0, 0.05) is 11.6 Å². The third-order valence-corrected chi connectivity index (χ3v) is 6.62. The number of anilines is 1. The highest BCUT2D eigenvalue weighted by Crippen LogP contribution is 2.32. The number of nitrogens with one attached hydrogen (secondary N) is 2. The van der Waals surface area contributed by atoms with Crippen LogP contribution in [0.15, 0.2) is 78.9 Å². The van der Waals surface area contributed by atoms with E-state index in [2.05, 4.69) is 15.7 Å². The molecule has 1 fully saturated rings. The molecule has 1 heterocycles. The molecule has 2 amide bonds. The largest absolute Gasteiger partial charge is 0.435 e. The fourth-order valence-electron chi connectivity index (χ4n) is 4.35. The zero-order chi connectivity index (χ0) is 28.4. The van der Waals surface area contributed by atoms with Crippen LogP contribution < -0.4 is 16.4 Å². The molecule has 11 heteroatoms. The molecule has 0 bridgehead atoms. The molecule has 1 unspecified atom stereocenters. The summed E-state index contributed by atoms with van der Waals surface area (Å²) in [7, 11) is 0. The first kappa shape index (κ1) is 27.1. The topological polar surface area (TPSA) is 102 Å². The second kappa shape index (κ2) is 10.9. The van der Waals surface area contributed by atoms with Crippen molar-refractivity contribution in [1.82, 2.24) is 15.1 Å². The molecule has 1 saturated carbocycles. The lowest BCUT2D eigenvalue weighted by Crippen LogP contribution is -2.25. The monoisotopic (exact) mass is 551 g/mol. The second-order valence-corrected chi connectivity index (χ2v) is 9.63. The van der Waals surface area contributed by atoms with Gasteiger partial charge < -0.3 is 16.4 Å². The van der Waals surface area contributed by atoms with Crippen LogP contribution >= 0.6 is 0 Å². The Hall–Kier alpha value is -4.51. The first-order valence-electron chi connectivity index (χ1n) is 12.6. The molecular formula is C29H25F4N5O2. The van der Waals surface area contributed by atoms with Crippen molar-refractivity contribution < 1.29 is 27.2 Å². The molecule has 0 aliphatic heterocycles. The summed E-state index contributed by atoms with van der Waals surface area (Å²) in [5.74, 6) is -2.02. The van der Waals surface area contributed by atoms with Crippen LogP contribution in [0.25, 0.3) is 5.69 Å². The molecule has 0 saturated heterocycles. The van der Waals surface area contributed by atoms with Gasteiger partial charge in [0.05, 0.1) is 17.4 Å². The maximum absolute atomic E-state index is 14.9. The first-order valence-corrected chi connectivity index (χ1v) is 12.6. The average molecular weight is 552 g/mol. The Morgan fingerprint density at radius 1 is 0.975 bits per heavy atom. The highest BCUT2D eigenvalue weighted by atomic mass is 19.4. The fraction of sp³-hybridized carbons (Fsp3) is 0.207. The summed E-state index contributed by atoms with van der Waals surface area (Å²) in [4.78, 5) is 24.9. The highest BCUT2D eigenvalue weighted by Gasteiger charge is 2.36. The predicted molar refractivity (Wildman–Crippen MR) is 140 cm³/mol. The number of alkyl halides is 3. The molecule has 5 rings (SSSR count). The summed E-state index contributed by atoms with van der Waals surface area (Å²) in [6, 6.07) is 19.4. The maximum atomic E-state index is 14.9. The van der Waals surface area contributed by atoms with E-state index in [4.69, 9.17) is 5.73 Å². The number of aromatic nitrogens is 2. The number of rotatable bonds is 9. The van der Waals surface area contributed by atoms with Gasteiger partial charge in [0.1, 0.15) is 11.5 Å². The number of nitrogens with two attached hydrogens (primary N) is 1. The lowest BCUT2D eigenvalue weighted by atomic mass is 9.97. The zero-order valence-electron chi connectivity index (χ0n) is 21.1. The van der Waals surface area contributed by atoms with Crippen LogP contribution in [0.4, 0.5) is 23.2 Å². The number of hydrogen-bond donors (Lipinski definition) is 3. The number of carbonyl (C=O) groups excluding carboxylic acids is 2. The van der Waals surface area contributed by atoms with E-state index in [0.717, 1.165) is 29.6 Å². The van der Waals surface area contributed by atoms with Crippen LogP contribution in [0.3, 0.4) is 0 Å². The number of halogens is 4. The van der Waals surface area contributed by atoms with Crippen molar-refractivity contribution in [3.63, 3.8) is 0 Å². The van der Waals surface area contributed by atoms with Gasteiger partial charge in [-0.2, -0.15) is 18.3 Å². The van der Waals surface area contributed by atoms with Crippen LogP contribution in [-0.2, 0) is 6.18 Å². The quantitative estimate of drug-likeness (QED) is 0.240. The standard InChI is InChI=1S/C29H25F4N5O2/c30-22-12-11-19(26(35-16-17-9-10-17)18-5-2-1-3-6-18)14-23(22)36-28(40)24-15-25(29(31,32)33)37-38(24)21-8-4-7-20(13-21)27(34)39/h1-8,11-15,17,26,35H,9-10,16H2,(H2,34,39)(H,36,40). The molecule has 1 aromatic heterocycles. The lowest BCUT2D eigenvalue weighted by Gasteiger charge is -2.21. The van der Waals surface area contributed by atoms with Gasteiger partial charge in [0.25, 0.3) is 5.91 Å². The van der Waals surface area contributed by atoms with Crippen molar-refractivity contribution in [2.45, 2.75) is 25.1 Å². The first-order chi connectivity index (χ1) is 19.1. The second-order valence-electron chi connectivity index (χ2n) is 9.63. The fourth-order valence-corrected chi connectivity index (χ4v) is 4.35. The number of hydrogen-bond acceptors (Lipinski definition) is 4. The Kier molecular flexibility index (Phi) is 7.40. The van der Waals surface area contributed by atoms with Gasteiger partial charge in [0.15, 0.2) is 5.69 Å². The van der Waals surface area contributed by atoms with Crippen molar-refractivity contribution in [1.29, 1.82) is 0 Å². The number of carbonyl (C=O) groups is 2. The van der Waals surface area contributed by atoms with Crippen LogP contribution in [-0.4, -0.2) is 28.1 Å². The summed E-state index contributed by atoms with van der Waals surface area (Å²) >= 11 is 0. The van der Waals surface area contributed by atoms with Gasteiger partial charge in [-0.05, 0) is 66.8 Å². The van der Waals surface area contributed by atoms with Crippen molar-refractivity contribution in [2.75, 3.05) is 11.9 Å². The smallest absolute Gasteiger partial charge is 0.366 e. The van der Waals surface area contributed by atoms with Gasteiger partial charge in [0.2, 0.25) is 5.91 Å². The third kappa shape index (κ3) is 6.04. The molecule has 4 aromatic rings. The van der Waals surface area contributed by atoms with E-state index in [1.54, 1.807) is 6.07 Å². The Balaban J connectivity index is 1.49. The summed E-state index contributed by atoms with van der Waals surface area (Å²) in [6.07, 6.45) is -2.59. The Bertz CT molecular complexity index is 1550. The van der Waals surface area contributed by atoms with Gasteiger partial charge in [-0.25, -0.2) is 9.07 Å². The van der Waals surface area contributed by atoms with Crippen molar-refractivity contribution >= 4 is 17.5 Å². The van der Waals surface area contributed by atoms with E-state index in [0.29, 0.717) is 17.5 Å². The summed E-state index contributed by atoms with van der Waals surface area (Å²) in [5, 5.41) is 9.44. The molecule has 1 aliphatic carbocycles. The zero-order valence-corrected chi connectivity index (χ0v) is 21.1. The summed E-state index contributed by atoms with van der Waals surface area (Å²) < 4.78 is 56.3. The van der Waals surface area contributed by atoms with Crippen LogP contribution in [0.1, 0.15) is 56.6 Å². The van der Waals surface area contributed by atoms with E-state index in [1.165, 1.54) is 36.4 Å². The minimum absolute atomic E-state index is 0.000379. The minimum Gasteiger partial charge on any atom is -0.366 e. The normalized spacial score (nSPS) is 14.1. The number of nitrogens with zero attached hydrogens (tertiary/aromatic N) is 2. The van der Waals surface area contributed by atoms with Crippen LogP contribution in [0, 0.1) is 11.7 Å². The third-order valence-electron chi connectivity index (χ3n) is 6.62. The molecule has 206 valence electrons. The molecule has 7 nitrogen and oxygen atoms in total. The van der Waals surface area contributed by atoms with Crippen molar-refractivity contribution in [3.8, 4) is 5.69 Å². The molecule has 40 heavy (non-hydrogen) atoms. The maximum Gasteiger partial charge on any atom is 0.435 e. The molecule has 0 spiro atoms. The SMILES string of the molecule is NC(=O)c1cccc(-n2nc(C(F)(F)F)cc2C(=O)Nc2cc(C(NCC3CC3)c3ccccc3)ccc2F)c1. The Labute approximate surface area is 227 Å². The van der Waals surface area contributed by atoms with Crippen LogP contribution in [0.5, 0.6) is 0 Å². The molecule has 1 atom stereocenters. The van der Waals surface area contributed by atoms with E-state index in [9.17, 15) is 27.2 Å². The summed E-state index contributed by atoms with van der Waals surface area (Å²) in [5.41, 5.74) is 4.88. The van der Waals surface area contributed by atoms with Gasteiger partial charge in [-0.1, -0.05) is 42.5 Å². The average Bonchev–Trinajstić information content (AvgIpc) is 3.64. The minimum atomic E-state index is -4.86. The summed E-state index contributed by atoms with van der Waals surface area (Å²) in [6.45, 7) is 0.766. The highest BCUT2D eigenvalue weighted by molar-refractivity contribution is 6.03. The molecule has 0 radical (unpaired) electrons. The van der Waals surface area contributed by atoms with Gasteiger partial charge in [-0.15, -0.1) is 0 Å². The van der Waals surface area contributed by atoms with Crippen LogP contribution in [0.2, 0.25) is 0 Å². The van der Waals surface area contributed by atoms with E-state index in [-0.39, 0.29) is 23.0 Å². The molecular weight excluding hydrogens is 526 g/mol.